The van der Waals surface area contributed by atoms with Crippen molar-refractivity contribution in [1.29, 1.82) is 0 Å². The van der Waals surface area contributed by atoms with E-state index < -0.39 is 0 Å². The predicted octanol–water partition coefficient (Wildman–Crippen LogP) is 2.02. The fourth-order valence-corrected chi connectivity index (χ4v) is 2.03. The molecule has 2 atom stereocenters. The van der Waals surface area contributed by atoms with Gasteiger partial charge in [-0.05, 0) is 32.0 Å². The Bertz CT molecular complexity index is 363. The van der Waals surface area contributed by atoms with Gasteiger partial charge >= 0.3 is 0 Å². The van der Waals surface area contributed by atoms with Crippen LogP contribution in [0.3, 0.4) is 0 Å². The smallest absolute Gasteiger partial charge is 0.127 e. The SMILES string of the molecule is CC1CN(c2cc(N)cc(F)c2)C(C)CO1. The summed E-state index contributed by atoms with van der Waals surface area (Å²) in [6.07, 6.45) is 0.167. The number of nitrogens with two attached hydrogens (primary N) is 1. The topological polar surface area (TPSA) is 38.5 Å². The molecule has 0 spiro atoms. The molecule has 1 fully saturated rings. The Morgan fingerprint density at radius 2 is 2.12 bits per heavy atom. The zero-order chi connectivity index (χ0) is 11.7. The van der Waals surface area contributed by atoms with Gasteiger partial charge in [-0.25, -0.2) is 4.39 Å². The molecule has 1 aliphatic heterocycles. The molecule has 2 rings (SSSR count). The number of rotatable bonds is 1. The lowest BCUT2D eigenvalue weighted by molar-refractivity contribution is 0.0343. The molecule has 0 aromatic heterocycles. The van der Waals surface area contributed by atoms with E-state index in [2.05, 4.69) is 11.8 Å². The summed E-state index contributed by atoms with van der Waals surface area (Å²) in [6, 6.07) is 4.90. The molecular formula is C12H17FN2O. The van der Waals surface area contributed by atoms with Crippen LogP contribution in [0.2, 0.25) is 0 Å². The van der Waals surface area contributed by atoms with Gasteiger partial charge in [0.05, 0.1) is 12.7 Å². The van der Waals surface area contributed by atoms with Gasteiger partial charge in [-0.1, -0.05) is 0 Å². The minimum absolute atomic E-state index is 0.167. The van der Waals surface area contributed by atoms with Crippen molar-refractivity contribution in [1.82, 2.24) is 0 Å². The maximum Gasteiger partial charge on any atom is 0.127 e. The molecule has 0 saturated carbocycles. The van der Waals surface area contributed by atoms with Gasteiger partial charge in [0, 0.05) is 24.0 Å². The summed E-state index contributed by atoms with van der Waals surface area (Å²) in [4.78, 5) is 2.13. The Morgan fingerprint density at radius 1 is 1.38 bits per heavy atom. The lowest BCUT2D eigenvalue weighted by Gasteiger charge is -2.38. The van der Waals surface area contributed by atoms with Crippen LogP contribution in [-0.4, -0.2) is 25.3 Å². The van der Waals surface area contributed by atoms with Crippen molar-refractivity contribution in [2.75, 3.05) is 23.8 Å². The quantitative estimate of drug-likeness (QED) is 0.742. The molecule has 0 bridgehead atoms. The zero-order valence-corrected chi connectivity index (χ0v) is 9.61. The molecule has 0 aliphatic carbocycles. The Balaban J connectivity index is 2.27. The largest absolute Gasteiger partial charge is 0.399 e. The first-order valence-electron chi connectivity index (χ1n) is 5.50. The van der Waals surface area contributed by atoms with E-state index in [9.17, 15) is 4.39 Å². The lowest BCUT2D eigenvalue weighted by atomic mass is 10.1. The van der Waals surface area contributed by atoms with Crippen molar-refractivity contribution in [3.05, 3.63) is 24.0 Å². The van der Waals surface area contributed by atoms with Crippen molar-refractivity contribution < 1.29 is 9.13 Å². The van der Waals surface area contributed by atoms with Crippen LogP contribution in [0.4, 0.5) is 15.8 Å². The second kappa shape index (κ2) is 4.29. The number of morpholine rings is 1. The molecule has 0 amide bonds. The first-order valence-corrected chi connectivity index (χ1v) is 5.50. The second-order valence-corrected chi connectivity index (χ2v) is 4.39. The summed E-state index contributed by atoms with van der Waals surface area (Å²) < 4.78 is 18.8. The Kier molecular flexibility index (Phi) is 3.01. The van der Waals surface area contributed by atoms with Crippen LogP contribution in [0.15, 0.2) is 18.2 Å². The Morgan fingerprint density at radius 3 is 2.81 bits per heavy atom. The van der Waals surface area contributed by atoms with Crippen LogP contribution >= 0.6 is 0 Å². The summed E-state index contributed by atoms with van der Waals surface area (Å²) >= 11 is 0. The minimum atomic E-state index is -0.290. The van der Waals surface area contributed by atoms with Gasteiger partial charge in [-0.2, -0.15) is 0 Å². The number of nitrogens with zero attached hydrogens (tertiary/aromatic N) is 1. The van der Waals surface area contributed by atoms with Gasteiger partial charge in [0.2, 0.25) is 0 Å². The van der Waals surface area contributed by atoms with Crippen molar-refractivity contribution in [3.63, 3.8) is 0 Å². The van der Waals surface area contributed by atoms with Gasteiger partial charge in [0.15, 0.2) is 0 Å². The number of ether oxygens (including phenoxy) is 1. The number of hydrogen-bond acceptors (Lipinski definition) is 3. The predicted molar refractivity (Wildman–Crippen MR) is 63.0 cm³/mol. The van der Waals surface area contributed by atoms with E-state index in [-0.39, 0.29) is 18.0 Å². The highest BCUT2D eigenvalue weighted by atomic mass is 19.1. The van der Waals surface area contributed by atoms with Crippen LogP contribution < -0.4 is 10.6 Å². The fourth-order valence-electron chi connectivity index (χ4n) is 2.03. The van der Waals surface area contributed by atoms with E-state index in [0.717, 1.165) is 12.2 Å². The first-order chi connectivity index (χ1) is 7.56. The van der Waals surface area contributed by atoms with E-state index in [4.69, 9.17) is 10.5 Å². The van der Waals surface area contributed by atoms with Gasteiger partial charge in [-0.3, -0.25) is 0 Å². The molecule has 1 aromatic carbocycles. The van der Waals surface area contributed by atoms with E-state index in [1.54, 1.807) is 6.07 Å². The van der Waals surface area contributed by atoms with Gasteiger partial charge in [0.25, 0.3) is 0 Å². The molecular weight excluding hydrogens is 207 g/mol. The van der Waals surface area contributed by atoms with Crippen molar-refractivity contribution in [2.45, 2.75) is 26.0 Å². The molecule has 0 radical (unpaired) electrons. The number of anilines is 2. The third kappa shape index (κ3) is 2.27. The average Bonchev–Trinajstić information content (AvgIpc) is 2.20. The van der Waals surface area contributed by atoms with Crippen LogP contribution in [0, 0.1) is 5.82 Å². The average molecular weight is 224 g/mol. The monoisotopic (exact) mass is 224 g/mol. The summed E-state index contributed by atoms with van der Waals surface area (Å²) in [6.45, 7) is 5.51. The molecule has 1 saturated heterocycles. The minimum Gasteiger partial charge on any atom is -0.399 e. The number of hydrogen-bond donors (Lipinski definition) is 1. The summed E-state index contributed by atoms with van der Waals surface area (Å²) in [7, 11) is 0. The Labute approximate surface area is 95.0 Å². The molecule has 88 valence electrons. The van der Waals surface area contributed by atoms with Crippen LogP contribution in [0.25, 0.3) is 0 Å². The number of halogens is 1. The van der Waals surface area contributed by atoms with Gasteiger partial charge in [0.1, 0.15) is 5.82 Å². The van der Waals surface area contributed by atoms with Crippen LogP contribution in [-0.2, 0) is 4.74 Å². The molecule has 2 N–H and O–H groups in total. The standard InChI is InChI=1S/C12H17FN2O/c1-8-7-16-9(2)6-15(8)12-4-10(13)3-11(14)5-12/h3-5,8-9H,6-7,14H2,1-2H3. The van der Waals surface area contributed by atoms with Crippen molar-refractivity contribution >= 4 is 11.4 Å². The molecule has 2 unspecified atom stereocenters. The summed E-state index contributed by atoms with van der Waals surface area (Å²) in [5, 5.41) is 0. The second-order valence-electron chi connectivity index (χ2n) is 4.39. The van der Waals surface area contributed by atoms with E-state index >= 15 is 0 Å². The third-order valence-electron chi connectivity index (χ3n) is 2.84. The normalized spacial score (nSPS) is 25.8. The number of benzene rings is 1. The molecule has 3 nitrogen and oxygen atoms in total. The molecule has 16 heavy (non-hydrogen) atoms. The number of nitrogen functional groups attached to an aromatic ring is 1. The van der Waals surface area contributed by atoms with E-state index in [1.807, 2.05) is 6.92 Å². The highest BCUT2D eigenvalue weighted by molar-refractivity contribution is 5.57. The van der Waals surface area contributed by atoms with Crippen molar-refractivity contribution in [2.24, 2.45) is 0 Å². The molecule has 1 aromatic rings. The van der Waals surface area contributed by atoms with Crippen LogP contribution in [0.5, 0.6) is 0 Å². The molecule has 1 aliphatic rings. The van der Waals surface area contributed by atoms with E-state index in [1.165, 1.54) is 12.1 Å². The highest BCUT2D eigenvalue weighted by Gasteiger charge is 2.24. The van der Waals surface area contributed by atoms with Gasteiger partial charge in [-0.15, -0.1) is 0 Å². The van der Waals surface area contributed by atoms with Crippen molar-refractivity contribution in [3.8, 4) is 0 Å². The zero-order valence-electron chi connectivity index (χ0n) is 9.61. The first kappa shape index (κ1) is 11.2. The summed E-state index contributed by atoms with van der Waals surface area (Å²) in [5.41, 5.74) is 6.94. The van der Waals surface area contributed by atoms with E-state index in [0.29, 0.717) is 12.3 Å². The Hall–Kier alpha value is -1.29. The maximum absolute atomic E-state index is 13.3. The van der Waals surface area contributed by atoms with Gasteiger partial charge < -0.3 is 15.4 Å². The third-order valence-corrected chi connectivity index (χ3v) is 2.84. The lowest BCUT2D eigenvalue weighted by Crippen LogP contribution is -2.47. The molecule has 1 heterocycles. The maximum atomic E-state index is 13.3. The fraction of sp³-hybridized carbons (Fsp3) is 0.500. The highest BCUT2D eigenvalue weighted by Crippen LogP contribution is 2.24. The summed E-state index contributed by atoms with van der Waals surface area (Å²) in [5.74, 6) is -0.290. The van der Waals surface area contributed by atoms with Crippen LogP contribution in [0.1, 0.15) is 13.8 Å². The molecule has 4 heteroatoms.